The van der Waals surface area contributed by atoms with Crippen LogP contribution in [-0.4, -0.2) is 9.97 Å². The molecule has 0 unspecified atom stereocenters. The Labute approximate surface area is 165 Å². The highest BCUT2D eigenvalue weighted by atomic mass is 19.1. The van der Waals surface area contributed by atoms with Gasteiger partial charge in [-0.3, -0.25) is 0 Å². The van der Waals surface area contributed by atoms with Gasteiger partial charge in [0.05, 0.1) is 5.56 Å². The highest BCUT2D eigenvalue weighted by Gasteiger charge is 2.07. The summed E-state index contributed by atoms with van der Waals surface area (Å²) in [7, 11) is 0. The predicted octanol–water partition coefficient (Wildman–Crippen LogP) is 6.33. The lowest BCUT2D eigenvalue weighted by Gasteiger charge is -2.06. The summed E-state index contributed by atoms with van der Waals surface area (Å²) < 4.78 is 13.8. The summed E-state index contributed by atoms with van der Waals surface area (Å²) >= 11 is 0. The van der Waals surface area contributed by atoms with Crippen molar-refractivity contribution < 1.29 is 4.39 Å². The second kappa shape index (κ2) is 9.75. The third kappa shape index (κ3) is 5.01. The van der Waals surface area contributed by atoms with Crippen LogP contribution in [0.15, 0.2) is 54.9 Å². The minimum atomic E-state index is -0.557. The maximum absolute atomic E-state index is 13.8. The molecule has 0 N–H and O–H groups in total. The van der Waals surface area contributed by atoms with E-state index in [2.05, 4.69) is 41.2 Å². The molecule has 0 aliphatic heterocycles. The summed E-state index contributed by atoms with van der Waals surface area (Å²) in [6.07, 6.45) is 11.1. The molecule has 3 nitrogen and oxygen atoms in total. The number of hydrogen-bond donors (Lipinski definition) is 0. The van der Waals surface area contributed by atoms with Crippen LogP contribution in [0, 0.1) is 17.1 Å². The molecule has 0 aliphatic rings. The van der Waals surface area contributed by atoms with Gasteiger partial charge in [-0.2, -0.15) is 5.26 Å². The van der Waals surface area contributed by atoms with Gasteiger partial charge < -0.3 is 0 Å². The third-order valence-corrected chi connectivity index (χ3v) is 4.86. The van der Waals surface area contributed by atoms with Crippen LogP contribution in [0.5, 0.6) is 0 Å². The van der Waals surface area contributed by atoms with Gasteiger partial charge >= 0.3 is 0 Å². The summed E-state index contributed by atoms with van der Waals surface area (Å²) in [5, 5.41) is 8.82. The average Bonchev–Trinajstić information content (AvgIpc) is 2.74. The van der Waals surface area contributed by atoms with E-state index in [9.17, 15) is 4.39 Å². The molecule has 0 saturated heterocycles. The molecule has 0 fully saturated rings. The van der Waals surface area contributed by atoms with Gasteiger partial charge in [0.2, 0.25) is 0 Å². The molecule has 0 saturated carbocycles. The number of aromatic nitrogens is 2. The van der Waals surface area contributed by atoms with E-state index in [-0.39, 0.29) is 5.56 Å². The number of nitrogens with zero attached hydrogens (tertiary/aromatic N) is 3. The zero-order chi connectivity index (χ0) is 19.8. The van der Waals surface area contributed by atoms with Crippen molar-refractivity contribution in [1.82, 2.24) is 9.97 Å². The Morgan fingerprint density at radius 1 is 0.857 bits per heavy atom. The van der Waals surface area contributed by atoms with Crippen molar-refractivity contribution in [2.24, 2.45) is 0 Å². The van der Waals surface area contributed by atoms with Gasteiger partial charge in [0.15, 0.2) is 5.82 Å². The molecule has 0 atom stereocenters. The minimum absolute atomic E-state index is 0.0193. The number of halogens is 1. The fraction of sp³-hybridized carbons (Fsp3) is 0.292. The SMILES string of the molecule is CCCCCCCc1ccc(-c2cnc(-c3ccc(C#N)c(F)c3)nc2)cc1. The van der Waals surface area contributed by atoms with E-state index >= 15 is 0 Å². The molecule has 142 valence electrons. The van der Waals surface area contributed by atoms with Crippen LogP contribution in [0.25, 0.3) is 22.5 Å². The van der Waals surface area contributed by atoms with Gasteiger partial charge in [0.1, 0.15) is 11.9 Å². The second-order valence-corrected chi connectivity index (χ2v) is 6.96. The molecular weight excluding hydrogens is 349 g/mol. The monoisotopic (exact) mass is 373 g/mol. The Morgan fingerprint density at radius 2 is 1.54 bits per heavy atom. The second-order valence-electron chi connectivity index (χ2n) is 6.96. The van der Waals surface area contributed by atoms with Crippen LogP contribution in [-0.2, 0) is 6.42 Å². The van der Waals surface area contributed by atoms with E-state index < -0.39 is 5.82 Å². The van der Waals surface area contributed by atoms with Gasteiger partial charge in [-0.25, -0.2) is 14.4 Å². The molecule has 0 bridgehead atoms. The fourth-order valence-electron chi connectivity index (χ4n) is 3.17. The quantitative estimate of drug-likeness (QED) is 0.433. The lowest BCUT2D eigenvalue weighted by Crippen LogP contribution is -1.92. The molecule has 0 amide bonds. The Kier molecular flexibility index (Phi) is 6.86. The van der Waals surface area contributed by atoms with Crippen molar-refractivity contribution in [2.45, 2.75) is 45.4 Å². The van der Waals surface area contributed by atoms with Crippen molar-refractivity contribution in [3.05, 3.63) is 71.8 Å². The van der Waals surface area contributed by atoms with E-state index in [4.69, 9.17) is 5.26 Å². The highest BCUT2D eigenvalue weighted by Crippen LogP contribution is 2.22. The standard InChI is InChI=1S/C24H24FN3/c1-2-3-4-5-6-7-18-8-10-19(11-9-18)22-16-27-24(28-17-22)20-12-13-21(15-26)23(25)14-20/h8-14,16-17H,2-7H2,1H3. The number of benzene rings is 2. The normalized spacial score (nSPS) is 10.6. The summed E-state index contributed by atoms with van der Waals surface area (Å²) in [4.78, 5) is 8.72. The van der Waals surface area contributed by atoms with Gasteiger partial charge in [0, 0.05) is 23.5 Å². The van der Waals surface area contributed by atoms with Crippen LogP contribution in [0.1, 0.15) is 50.2 Å². The van der Waals surface area contributed by atoms with E-state index in [1.54, 1.807) is 18.5 Å². The van der Waals surface area contributed by atoms with Gasteiger partial charge in [0.25, 0.3) is 0 Å². The van der Waals surface area contributed by atoms with Crippen molar-refractivity contribution in [3.63, 3.8) is 0 Å². The first-order chi connectivity index (χ1) is 13.7. The first kappa shape index (κ1) is 19.7. The van der Waals surface area contributed by atoms with Crippen molar-refractivity contribution in [3.8, 4) is 28.6 Å². The average molecular weight is 373 g/mol. The minimum Gasteiger partial charge on any atom is -0.236 e. The van der Waals surface area contributed by atoms with Crippen molar-refractivity contribution >= 4 is 0 Å². The molecule has 0 spiro atoms. The topological polar surface area (TPSA) is 49.6 Å². The van der Waals surface area contributed by atoms with Crippen molar-refractivity contribution in [2.75, 3.05) is 0 Å². The lowest BCUT2D eigenvalue weighted by molar-refractivity contribution is 0.624. The Balaban J connectivity index is 1.65. The Bertz CT molecular complexity index is 941. The summed E-state index contributed by atoms with van der Waals surface area (Å²) in [6.45, 7) is 2.23. The summed E-state index contributed by atoms with van der Waals surface area (Å²) in [5.74, 6) is -0.117. The smallest absolute Gasteiger partial charge is 0.159 e. The number of rotatable bonds is 8. The number of unbranched alkanes of at least 4 members (excludes halogenated alkanes) is 4. The van der Waals surface area contributed by atoms with Crippen molar-refractivity contribution in [1.29, 1.82) is 5.26 Å². The molecule has 0 radical (unpaired) electrons. The number of aryl methyl sites for hydroxylation is 1. The lowest BCUT2D eigenvalue weighted by atomic mass is 10.0. The molecular formula is C24H24FN3. The number of hydrogen-bond acceptors (Lipinski definition) is 3. The zero-order valence-electron chi connectivity index (χ0n) is 16.2. The third-order valence-electron chi connectivity index (χ3n) is 4.86. The van der Waals surface area contributed by atoms with Crippen LogP contribution in [0.3, 0.4) is 0 Å². The van der Waals surface area contributed by atoms with Gasteiger partial charge in [-0.1, -0.05) is 56.9 Å². The molecule has 3 aromatic rings. The fourth-order valence-corrected chi connectivity index (χ4v) is 3.17. The molecule has 1 aromatic heterocycles. The maximum Gasteiger partial charge on any atom is 0.159 e. The van der Waals surface area contributed by atoms with E-state index in [1.165, 1.54) is 49.8 Å². The maximum atomic E-state index is 13.8. The Morgan fingerprint density at radius 3 is 2.18 bits per heavy atom. The highest BCUT2D eigenvalue weighted by molar-refractivity contribution is 5.64. The largest absolute Gasteiger partial charge is 0.236 e. The zero-order valence-corrected chi connectivity index (χ0v) is 16.2. The van der Waals surface area contributed by atoms with E-state index in [0.29, 0.717) is 11.4 Å². The van der Waals surface area contributed by atoms with Gasteiger partial charge in [-0.05, 0) is 42.2 Å². The molecule has 1 heterocycles. The molecule has 0 aliphatic carbocycles. The van der Waals surface area contributed by atoms with Gasteiger partial charge in [-0.15, -0.1) is 0 Å². The molecule has 2 aromatic carbocycles. The van der Waals surface area contributed by atoms with Crippen LogP contribution >= 0.6 is 0 Å². The van der Waals surface area contributed by atoms with E-state index in [0.717, 1.165) is 17.5 Å². The first-order valence-electron chi connectivity index (χ1n) is 9.82. The summed E-state index contributed by atoms with van der Waals surface area (Å²) in [5.41, 5.74) is 3.91. The summed E-state index contributed by atoms with van der Waals surface area (Å²) in [6, 6.07) is 14.7. The van der Waals surface area contributed by atoms with Crippen LogP contribution in [0.2, 0.25) is 0 Å². The molecule has 28 heavy (non-hydrogen) atoms. The Hall–Kier alpha value is -3.06. The predicted molar refractivity (Wildman–Crippen MR) is 110 cm³/mol. The van der Waals surface area contributed by atoms with Crippen LogP contribution in [0.4, 0.5) is 4.39 Å². The van der Waals surface area contributed by atoms with Crippen LogP contribution < -0.4 is 0 Å². The molecule has 3 rings (SSSR count). The first-order valence-corrected chi connectivity index (χ1v) is 9.82. The van der Waals surface area contributed by atoms with E-state index in [1.807, 2.05) is 6.07 Å². The molecule has 4 heteroatoms. The number of nitriles is 1.